The lowest BCUT2D eigenvalue weighted by molar-refractivity contribution is 1.16. The summed E-state index contributed by atoms with van der Waals surface area (Å²) in [5.74, 6) is 0. The molecule has 0 saturated heterocycles. The molecule has 0 fully saturated rings. The fraction of sp³-hybridized carbons (Fsp3) is 0.0833. The third-order valence-corrected chi connectivity index (χ3v) is 2.39. The lowest BCUT2D eigenvalue weighted by Crippen LogP contribution is -1.90. The summed E-state index contributed by atoms with van der Waals surface area (Å²) < 4.78 is 0. The molecule has 0 aliphatic carbocycles. The average molecular weight is 219 g/mol. The molecular weight excluding hydrogens is 208 g/mol. The molecule has 0 amide bonds. The van der Waals surface area contributed by atoms with Gasteiger partial charge in [0.05, 0.1) is 0 Å². The summed E-state index contributed by atoms with van der Waals surface area (Å²) in [6.07, 6.45) is 2.57. The monoisotopic (exact) mass is 218 g/mol. The first-order valence-electron chi connectivity index (χ1n) is 4.69. The van der Waals surface area contributed by atoms with E-state index < -0.39 is 0 Å². The molecule has 0 radical (unpaired) electrons. The zero-order valence-electron chi connectivity index (χ0n) is 8.15. The van der Waals surface area contributed by atoms with E-state index in [-0.39, 0.29) is 0 Å². The molecule has 0 saturated carbocycles. The number of hydrogen-bond acceptors (Lipinski definition) is 2. The van der Waals surface area contributed by atoms with E-state index in [9.17, 15) is 0 Å². The Morgan fingerprint density at radius 3 is 2.47 bits per heavy atom. The Morgan fingerprint density at radius 2 is 1.80 bits per heavy atom. The first-order chi connectivity index (χ1) is 7.24. The first-order valence-corrected chi connectivity index (χ1v) is 5.07. The molecule has 1 aromatic carbocycles. The number of anilines is 1. The summed E-state index contributed by atoms with van der Waals surface area (Å²) in [7, 11) is 0. The molecule has 0 bridgehead atoms. The lowest BCUT2D eigenvalue weighted by Gasteiger charge is -2.02. The number of nitrogens with two attached hydrogens (primary N) is 1. The van der Waals surface area contributed by atoms with Crippen LogP contribution in [-0.2, 0) is 6.42 Å². The Morgan fingerprint density at radius 1 is 1.07 bits per heavy atom. The maximum Gasteiger partial charge on any atom is 0.129 e. The Balaban J connectivity index is 2.18. The van der Waals surface area contributed by atoms with Crippen LogP contribution in [-0.4, -0.2) is 4.98 Å². The van der Waals surface area contributed by atoms with Gasteiger partial charge in [0.2, 0.25) is 0 Å². The van der Waals surface area contributed by atoms with E-state index in [0.29, 0.717) is 5.15 Å². The van der Waals surface area contributed by atoms with Crippen LogP contribution in [0.25, 0.3) is 0 Å². The number of hydrogen-bond donors (Lipinski definition) is 1. The lowest BCUT2D eigenvalue weighted by atomic mass is 10.1. The predicted molar refractivity (Wildman–Crippen MR) is 62.9 cm³/mol. The molecule has 0 spiro atoms. The number of rotatable bonds is 2. The van der Waals surface area contributed by atoms with E-state index in [0.717, 1.165) is 17.7 Å². The summed E-state index contributed by atoms with van der Waals surface area (Å²) in [5.41, 5.74) is 8.76. The fourth-order valence-electron chi connectivity index (χ4n) is 1.42. The topological polar surface area (TPSA) is 38.9 Å². The zero-order chi connectivity index (χ0) is 10.7. The Hall–Kier alpha value is -1.54. The van der Waals surface area contributed by atoms with Gasteiger partial charge in [0.1, 0.15) is 5.15 Å². The summed E-state index contributed by atoms with van der Waals surface area (Å²) in [4.78, 5) is 3.94. The van der Waals surface area contributed by atoms with Gasteiger partial charge in [0.25, 0.3) is 0 Å². The molecule has 0 unspecified atom stereocenters. The van der Waals surface area contributed by atoms with Crippen LogP contribution in [0.1, 0.15) is 11.1 Å². The molecule has 0 aliphatic heterocycles. The van der Waals surface area contributed by atoms with Crippen molar-refractivity contribution in [3.8, 4) is 0 Å². The van der Waals surface area contributed by atoms with E-state index in [1.807, 2.05) is 36.4 Å². The molecule has 1 aromatic heterocycles. The molecule has 0 atom stereocenters. The van der Waals surface area contributed by atoms with Gasteiger partial charge in [0.15, 0.2) is 0 Å². The van der Waals surface area contributed by atoms with E-state index >= 15 is 0 Å². The highest BCUT2D eigenvalue weighted by atomic mass is 35.5. The van der Waals surface area contributed by atoms with Crippen molar-refractivity contribution >= 4 is 17.3 Å². The smallest absolute Gasteiger partial charge is 0.129 e. The minimum atomic E-state index is 0.531. The summed E-state index contributed by atoms with van der Waals surface area (Å²) >= 11 is 5.81. The van der Waals surface area contributed by atoms with Crippen molar-refractivity contribution in [2.24, 2.45) is 0 Å². The van der Waals surface area contributed by atoms with Crippen LogP contribution in [0.3, 0.4) is 0 Å². The van der Waals surface area contributed by atoms with Crippen molar-refractivity contribution in [3.63, 3.8) is 0 Å². The number of halogens is 1. The summed E-state index contributed by atoms with van der Waals surface area (Å²) in [6, 6.07) is 11.7. The molecule has 2 rings (SSSR count). The molecule has 15 heavy (non-hydrogen) atoms. The van der Waals surface area contributed by atoms with E-state index in [2.05, 4.69) is 4.98 Å². The van der Waals surface area contributed by atoms with Crippen LogP contribution in [0.2, 0.25) is 5.15 Å². The van der Waals surface area contributed by atoms with Gasteiger partial charge in [-0.3, -0.25) is 0 Å². The molecule has 2 nitrogen and oxygen atoms in total. The van der Waals surface area contributed by atoms with Gasteiger partial charge in [-0.15, -0.1) is 0 Å². The second kappa shape index (κ2) is 4.32. The average Bonchev–Trinajstić information content (AvgIpc) is 2.22. The minimum absolute atomic E-state index is 0.531. The van der Waals surface area contributed by atoms with Crippen LogP contribution < -0.4 is 5.73 Å². The summed E-state index contributed by atoms with van der Waals surface area (Å²) in [5, 5.41) is 0.531. The van der Waals surface area contributed by atoms with Gasteiger partial charge in [-0.05, 0) is 41.8 Å². The van der Waals surface area contributed by atoms with E-state index in [4.69, 9.17) is 17.3 Å². The van der Waals surface area contributed by atoms with Gasteiger partial charge in [-0.2, -0.15) is 0 Å². The maximum atomic E-state index is 5.81. The van der Waals surface area contributed by atoms with Crippen molar-refractivity contribution < 1.29 is 0 Å². The Bertz CT molecular complexity index is 451. The van der Waals surface area contributed by atoms with Crippen LogP contribution >= 0.6 is 11.6 Å². The second-order valence-electron chi connectivity index (χ2n) is 3.41. The van der Waals surface area contributed by atoms with Gasteiger partial charge in [0, 0.05) is 11.9 Å². The minimum Gasteiger partial charge on any atom is -0.399 e. The van der Waals surface area contributed by atoms with Crippen LogP contribution in [0, 0.1) is 0 Å². The molecule has 2 aromatic rings. The normalized spacial score (nSPS) is 10.2. The van der Waals surface area contributed by atoms with Crippen LogP contribution in [0.5, 0.6) is 0 Å². The highest BCUT2D eigenvalue weighted by Gasteiger charge is 1.97. The number of nitrogens with zero attached hydrogens (tertiary/aromatic N) is 1. The van der Waals surface area contributed by atoms with Crippen molar-refractivity contribution in [3.05, 3.63) is 58.9 Å². The summed E-state index contributed by atoms with van der Waals surface area (Å²) in [6.45, 7) is 0. The SMILES string of the molecule is Nc1ccc(Cc2ccnc(Cl)c2)cc1. The quantitative estimate of drug-likeness (QED) is 0.622. The zero-order valence-corrected chi connectivity index (χ0v) is 8.91. The molecule has 2 N–H and O–H groups in total. The fourth-order valence-corrected chi connectivity index (χ4v) is 1.62. The molecule has 0 aliphatic rings. The Labute approximate surface area is 93.7 Å². The van der Waals surface area contributed by atoms with Crippen molar-refractivity contribution in [2.45, 2.75) is 6.42 Å². The van der Waals surface area contributed by atoms with Crippen LogP contribution in [0.15, 0.2) is 42.6 Å². The van der Waals surface area contributed by atoms with Crippen molar-refractivity contribution in [1.82, 2.24) is 4.98 Å². The van der Waals surface area contributed by atoms with Gasteiger partial charge >= 0.3 is 0 Å². The number of aromatic nitrogens is 1. The maximum absolute atomic E-state index is 5.81. The number of nitrogen functional groups attached to an aromatic ring is 1. The van der Waals surface area contributed by atoms with Crippen molar-refractivity contribution in [1.29, 1.82) is 0 Å². The van der Waals surface area contributed by atoms with Gasteiger partial charge < -0.3 is 5.73 Å². The van der Waals surface area contributed by atoms with Crippen molar-refractivity contribution in [2.75, 3.05) is 5.73 Å². The Kier molecular flexibility index (Phi) is 2.88. The van der Waals surface area contributed by atoms with Gasteiger partial charge in [-0.25, -0.2) is 4.98 Å². The number of benzene rings is 1. The predicted octanol–water partition coefficient (Wildman–Crippen LogP) is 2.91. The molecule has 76 valence electrons. The first kappa shape index (κ1) is 9.99. The molecular formula is C12H11ClN2. The van der Waals surface area contributed by atoms with E-state index in [1.54, 1.807) is 6.20 Å². The highest BCUT2D eigenvalue weighted by Crippen LogP contribution is 2.13. The third kappa shape index (κ3) is 2.70. The third-order valence-electron chi connectivity index (χ3n) is 2.18. The molecule has 1 heterocycles. The standard InChI is InChI=1S/C12H11ClN2/c13-12-8-10(5-6-15-12)7-9-1-3-11(14)4-2-9/h1-6,8H,7,14H2. The second-order valence-corrected chi connectivity index (χ2v) is 3.79. The highest BCUT2D eigenvalue weighted by molar-refractivity contribution is 6.29. The largest absolute Gasteiger partial charge is 0.399 e. The molecule has 3 heteroatoms. The number of pyridine rings is 1. The van der Waals surface area contributed by atoms with Gasteiger partial charge in [-0.1, -0.05) is 23.7 Å². The van der Waals surface area contributed by atoms with Crippen LogP contribution in [0.4, 0.5) is 5.69 Å². The van der Waals surface area contributed by atoms with E-state index in [1.165, 1.54) is 5.56 Å².